The normalized spacial score (nSPS) is 20.7. The molecule has 0 bridgehead atoms. The van der Waals surface area contributed by atoms with E-state index in [-0.39, 0.29) is 11.9 Å². The Morgan fingerprint density at radius 1 is 1.45 bits per heavy atom. The molecule has 5 nitrogen and oxygen atoms in total. The molecule has 1 aromatic rings. The summed E-state index contributed by atoms with van der Waals surface area (Å²) in [4.78, 5) is 20.6. The van der Waals surface area contributed by atoms with Crippen LogP contribution < -0.4 is 5.73 Å². The number of nitrogen functional groups attached to an aromatic ring is 1. The molecule has 2 N–H and O–H groups in total. The Hall–Kier alpha value is -1.62. The Bertz CT molecular complexity index is 475. The largest absolute Gasteiger partial charge is 0.383 e. The first-order chi connectivity index (χ1) is 9.49. The first-order valence-corrected chi connectivity index (χ1v) is 7.21. The number of hydrogen-bond donors (Lipinski definition) is 1. The Morgan fingerprint density at radius 2 is 2.20 bits per heavy atom. The molecule has 0 aromatic carbocycles. The van der Waals surface area contributed by atoms with Crippen LogP contribution >= 0.6 is 0 Å². The predicted molar refractivity (Wildman–Crippen MR) is 79.9 cm³/mol. The number of aromatic nitrogens is 1. The average Bonchev–Trinajstić information content (AvgIpc) is 2.40. The lowest BCUT2D eigenvalue weighted by molar-refractivity contribution is -0.141. The van der Waals surface area contributed by atoms with Crippen LogP contribution in [0, 0.1) is 5.92 Å². The van der Waals surface area contributed by atoms with Crippen LogP contribution in [-0.4, -0.2) is 46.4 Å². The fraction of sp³-hybridized carbons (Fsp3) is 0.600. The van der Waals surface area contributed by atoms with Gasteiger partial charge in [0.15, 0.2) is 0 Å². The minimum Gasteiger partial charge on any atom is -0.383 e. The van der Waals surface area contributed by atoms with Crippen molar-refractivity contribution in [1.82, 2.24) is 14.8 Å². The monoisotopic (exact) mass is 276 g/mol. The lowest BCUT2D eigenvalue weighted by Gasteiger charge is -2.39. The Balaban J connectivity index is 2.02. The van der Waals surface area contributed by atoms with Gasteiger partial charge in [0.25, 0.3) is 0 Å². The van der Waals surface area contributed by atoms with Crippen LogP contribution in [0.5, 0.6) is 0 Å². The van der Waals surface area contributed by atoms with E-state index in [2.05, 4.69) is 23.7 Å². The van der Waals surface area contributed by atoms with Crippen molar-refractivity contribution in [1.29, 1.82) is 0 Å². The molecule has 20 heavy (non-hydrogen) atoms. The zero-order valence-corrected chi connectivity index (χ0v) is 12.5. The fourth-order valence-electron chi connectivity index (χ4n) is 2.61. The molecule has 0 unspecified atom stereocenters. The van der Waals surface area contributed by atoms with E-state index in [9.17, 15) is 4.79 Å². The number of nitrogens with two attached hydrogens (primary N) is 1. The number of hydrogen-bond acceptors (Lipinski definition) is 4. The van der Waals surface area contributed by atoms with Crippen LogP contribution in [-0.2, 0) is 11.3 Å². The van der Waals surface area contributed by atoms with E-state index in [0.717, 1.165) is 25.2 Å². The number of anilines is 1. The number of amides is 1. The van der Waals surface area contributed by atoms with Crippen molar-refractivity contribution in [3.63, 3.8) is 0 Å². The van der Waals surface area contributed by atoms with Crippen molar-refractivity contribution in [2.24, 2.45) is 5.92 Å². The molecule has 1 aliphatic rings. The standard InChI is InChI=1S/C15H24N4O/c1-11(2)9-19-8-7-18(12(3)15(19)20)10-13-5-4-6-17-14(13)16/h4-6,11-12H,7-10H2,1-3H3,(H2,16,17)/t12-/m1/s1. The third-order valence-corrected chi connectivity index (χ3v) is 3.76. The van der Waals surface area contributed by atoms with Crippen LogP contribution in [0.15, 0.2) is 18.3 Å². The quantitative estimate of drug-likeness (QED) is 0.902. The molecule has 0 spiro atoms. The topological polar surface area (TPSA) is 62.5 Å². The summed E-state index contributed by atoms with van der Waals surface area (Å²) < 4.78 is 0. The lowest BCUT2D eigenvalue weighted by atomic mass is 10.1. The first kappa shape index (κ1) is 14.8. The van der Waals surface area contributed by atoms with Crippen molar-refractivity contribution in [2.45, 2.75) is 33.4 Å². The molecule has 2 heterocycles. The Morgan fingerprint density at radius 3 is 2.85 bits per heavy atom. The Kier molecular flexibility index (Phi) is 4.60. The second-order valence-electron chi connectivity index (χ2n) is 5.87. The highest BCUT2D eigenvalue weighted by atomic mass is 16.2. The van der Waals surface area contributed by atoms with Gasteiger partial charge < -0.3 is 10.6 Å². The van der Waals surface area contributed by atoms with Gasteiger partial charge in [0.2, 0.25) is 5.91 Å². The highest BCUT2D eigenvalue weighted by molar-refractivity contribution is 5.82. The molecule has 5 heteroatoms. The average molecular weight is 276 g/mol. The molecule has 110 valence electrons. The highest BCUT2D eigenvalue weighted by Crippen LogP contribution is 2.18. The number of nitrogens with zero attached hydrogens (tertiary/aromatic N) is 3. The summed E-state index contributed by atoms with van der Waals surface area (Å²) in [5.41, 5.74) is 6.87. The highest BCUT2D eigenvalue weighted by Gasteiger charge is 2.31. The molecule has 1 amide bonds. The first-order valence-electron chi connectivity index (χ1n) is 7.21. The molecule has 1 atom stereocenters. The summed E-state index contributed by atoms with van der Waals surface area (Å²) in [6.07, 6.45) is 1.69. The van der Waals surface area contributed by atoms with E-state index in [1.165, 1.54) is 0 Å². The van der Waals surface area contributed by atoms with Crippen LogP contribution in [0.25, 0.3) is 0 Å². The molecule has 1 aromatic heterocycles. The summed E-state index contributed by atoms with van der Waals surface area (Å²) in [5.74, 6) is 1.27. The third kappa shape index (κ3) is 3.28. The van der Waals surface area contributed by atoms with Crippen molar-refractivity contribution in [3.8, 4) is 0 Å². The van der Waals surface area contributed by atoms with E-state index >= 15 is 0 Å². The van der Waals surface area contributed by atoms with Crippen LogP contribution in [0.4, 0.5) is 5.82 Å². The predicted octanol–water partition coefficient (Wildman–Crippen LogP) is 1.35. The molecule has 1 aliphatic heterocycles. The van der Waals surface area contributed by atoms with Gasteiger partial charge in [-0.15, -0.1) is 0 Å². The smallest absolute Gasteiger partial charge is 0.239 e. The zero-order valence-electron chi connectivity index (χ0n) is 12.5. The van der Waals surface area contributed by atoms with Crippen molar-refractivity contribution in [2.75, 3.05) is 25.4 Å². The van der Waals surface area contributed by atoms with Crippen molar-refractivity contribution in [3.05, 3.63) is 23.9 Å². The third-order valence-electron chi connectivity index (χ3n) is 3.76. The Labute approximate surface area is 120 Å². The second kappa shape index (κ2) is 6.22. The van der Waals surface area contributed by atoms with Gasteiger partial charge in [-0.1, -0.05) is 19.9 Å². The zero-order chi connectivity index (χ0) is 14.7. The van der Waals surface area contributed by atoms with Gasteiger partial charge in [-0.25, -0.2) is 4.98 Å². The van der Waals surface area contributed by atoms with Crippen LogP contribution in [0.1, 0.15) is 26.3 Å². The van der Waals surface area contributed by atoms with Crippen molar-refractivity contribution < 1.29 is 4.79 Å². The van der Waals surface area contributed by atoms with Crippen LogP contribution in [0.3, 0.4) is 0 Å². The molecule has 0 saturated carbocycles. The molecular weight excluding hydrogens is 252 g/mol. The van der Waals surface area contributed by atoms with E-state index in [1.807, 2.05) is 24.0 Å². The van der Waals surface area contributed by atoms with Crippen molar-refractivity contribution >= 4 is 11.7 Å². The van der Waals surface area contributed by atoms with Gasteiger partial charge in [-0.05, 0) is 18.9 Å². The van der Waals surface area contributed by atoms with E-state index in [1.54, 1.807) is 6.20 Å². The minimum atomic E-state index is -0.0953. The number of rotatable bonds is 4. The maximum Gasteiger partial charge on any atom is 0.239 e. The number of pyridine rings is 1. The lowest BCUT2D eigenvalue weighted by Crippen LogP contribution is -2.56. The molecule has 2 rings (SSSR count). The van der Waals surface area contributed by atoms with Gasteiger partial charge in [0.05, 0.1) is 6.04 Å². The molecular formula is C15H24N4O. The summed E-state index contributed by atoms with van der Waals surface area (Å²) in [6, 6.07) is 3.76. The molecule has 1 fully saturated rings. The summed E-state index contributed by atoms with van der Waals surface area (Å²) in [6.45, 7) is 9.45. The summed E-state index contributed by atoms with van der Waals surface area (Å²) in [5, 5.41) is 0. The second-order valence-corrected chi connectivity index (χ2v) is 5.87. The number of piperazine rings is 1. The van der Waals surface area contributed by atoms with Gasteiger partial charge >= 0.3 is 0 Å². The summed E-state index contributed by atoms with van der Waals surface area (Å²) in [7, 11) is 0. The maximum absolute atomic E-state index is 12.4. The molecule has 1 saturated heterocycles. The van der Waals surface area contributed by atoms with Gasteiger partial charge in [-0.2, -0.15) is 0 Å². The van der Waals surface area contributed by atoms with E-state index in [4.69, 9.17) is 5.73 Å². The number of carbonyl (C=O) groups is 1. The van der Waals surface area contributed by atoms with Gasteiger partial charge in [0, 0.05) is 37.9 Å². The molecule has 0 aliphatic carbocycles. The van der Waals surface area contributed by atoms with E-state index < -0.39 is 0 Å². The maximum atomic E-state index is 12.4. The molecule has 0 radical (unpaired) electrons. The van der Waals surface area contributed by atoms with Gasteiger partial charge in [0.1, 0.15) is 5.82 Å². The van der Waals surface area contributed by atoms with E-state index in [0.29, 0.717) is 18.3 Å². The van der Waals surface area contributed by atoms with Crippen LogP contribution in [0.2, 0.25) is 0 Å². The summed E-state index contributed by atoms with van der Waals surface area (Å²) >= 11 is 0. The number of carbonyl (C=O) groups excluding carboxylic acids is 1. The SMILES string of the molecule is CC(C)CN1CCN(Cc2cccnc2N)[C@H](C)C1=O. The minimum absolute atomic E-state index is 0.0953. The fourth-order valence-corrected chi connectivity index (χ4v) is 2.61. The van der Waals surface area contributed by atoms with Gasteiger partial charge in [-0.3, -0.25) is 9.69 Å².